The van der Waals surface area contributed by atoms with Crippen molar-refractivity contribution in [2.75, 3.05) is 16.3 Å². The average molecular weight is 543 g/mol. The number of pyridine rings is 1. The molecule has 0 aliphatic heterocycles. The summed E-state index contributed by atoms with van der Waals surface area (Å²) in [7, 11) is -2.28. The Balaban J connectivity index is 1.48. The Morgan fingerprint density at radius 2 is 1.58 bits per heavy atom. The maximum atomic E-state index is 13.8. The molecule has 7 nitrogen and oxygen atoms in total. The zero-order chi connectivity index (χ0) is 26.9. The number of aryl methyl sites for hydroxylation is 2. The molecule has 0 aliphatic rings. The van der Waals surface area contributed by atoms with E-state index in [1.165, 1.54) is 34.8 Å². The number of benzene rings is 3. The van der Waals surface area contributed by atoms with E-state index in [2.05, 4.69) is 18.0 Å². The van der Waals surface area contributed by atoms with Gasteiger partial charge in [0.15, 0.2) is 5.13 Å². The van der Waals surface area contributed by atoms with Crippen LogP contribution in [0.1, 0.15) is 27.2 Å². The summed E-state index contributed by atoms with van der Waals surface area (Å²) >= 11 is 1.44. The van der Waals surface area contributed by atoms with E-state index in [1.54, 1.807) is 47.5 Å². The van der Waals surface area contributed by atoms with Crippen molar-refractivity contribution >= 4 is 48.3 Å². The number of para-hydroxylation sites is 1. The lowest BCUT2D eigenvalue weighted by atomic mass is 10.1. The molecule has 0 saturated heterocycles. The Morgan fingerprint density at radius 3 is 2.26 bits per heavy atom. The second-order valence-corrected chi connectivity index (χ2v) is 11.9. The Labute approximate surface area is 226 Å². The van der Waals surface area contributed by atoms with Gasteiger partial charge in [-0.15, -0.1) is 0 Å². The predicted molar refractivity (Wildman–Crippen MR) is 152 cm³/mol. The van der Waals surface area contributed by atoms with Gasteiger partial charge in [0.05, 0.1) is 33.0 Å². The van der Waals surface area contributed by atoms with Gasteiger partial charge >= 0.3 is 0 Å². The van der Waals surface area contributed by atoms with Crippen LogP contribution in [-0.2, 0) is 16.6 Å². The van der Waals surface area contributed by atoms with E-state index < -0.39 is 10.0 Å². The van der Waals surface area contributed by atoms with Gasteiger partial charge in [0.2, 0.25) is 0 Å². The molecule has 0 bridgehead atoms. The van der Waals surface area contributed by atoms with Gasteiger partial charge in [0.25, 0.3) is 15.9 Å². The molecule has 1 amide bonds. The minimum absolute atomic E-state index is 0.0996. The van der Waals surface area contributed by atoms with Crippen molar-refractivity contribution in [1.29, 1.82) is 0 Å². The maximum absolute atomic E-state index is 13.8. The van der Waals surface area contributed by atoms with Gasteiger partial charge < -0.3 is 0 Å². The molecule has 0 atom stereocenters. The molecule has 192 valence electrons. The second-order valence-electron chi connectivity index (χ2n) is 8.95. The Kier molecular flexibility index (Phi) is 6.96. The van der Waals surface area contributed by atoms with Crippen LogP contribution in [0.5, 0.6) is 0 Å². The number of nitrogens with zero attached hydrogens (tertiary/aromatic N) is 4. The molecule has 0 N–H and O–H groups in total. The second kappa shape index (κ2) is 10.4. The highest BCUT2D eigenvalue weighted by atomic mass is 32.2. The van der Waals surface area contributed by atoms with Crippen LogP contribution >= 0.6 is 11.3 Å². The molecule has 5 aromatic rings. The fourth-order valence-corrected chi connectivity index (χ4v) is 6.26. The highest BCUT2D eigenvalue weighted by Gasteiger charge is 2.25. The van der Waals surface area contributed by atoms with Gasteiger partial charge in [-0.3, -0.25) is 19.0 Å². The number of anilines is 2. The molecule has 5 rings (SSSR count). The highest BCUT2D eigenvalue weighted by Crippen LogP contribution is 2.32. The number of thiazole rings is 1. The summed E-state index contributed by atoms with van der Waals surface area (Å²) in [6.07, 6.45) is 1.69. The Morgan fingerprint density at radius 1 is 0.895 bits per heavy atom. The lowest BCUT2D eigenvalue weighted by Gasteiger charge is -2.21. The first-order valence-corrected chi connectivity index (χ1v) is 14.2. The largest absolute Gasteiger partial charge is 0.278 e. The molecule has 0 spiro atoms. The molecule has 2 aromatic heterocycles. The standard InChI is InChI=1S/C29H26N4O3S2/c1-20-17-26-27(18-21(20)2)37-29(31-26)33(19-23-9-7-8-16-30-23)28(34)22-12-14-25(15-13-22)38(35,36)32(3)24-10-5-4-6-11-24/h4-18H,19H2,1-3H3. The molecule has 38 heavy (non-hydrogen) atoms. The zero-order valence-electron chi connectivity index (χ0n) is 21.2. The number of amides is 1. The first kappa shape index (κ1) is 25.6. The molecule has 2 heterocycles. The third-order valence-electron chi connectivity index (χ3n) is 6.39. The third kappa shape index (κ3) is 5.03. The zero-order valence-corrected chi connectivity index (χ0v) is 22.8. The molecular formula is C29H26N4O3S2. The summed E-state index contributed by atoms with van der Waals surface area (Å²) < 4.78 is 28.6. The van der Waals surface area contributed by atoms with Crippen LogP contribution in [0.4, 0.5) is 10.8 Å². The van der Waals surface area contributed by atoms with Gasteiger partial charge in [-0.25, -0.2) is 13.4 Å². The first-order valence-electron chi connectivity index (χ1n) is 12.0. The van der Waals surface area contributed by atoms with E-state index in [0.29, 0.717) is 16.4 Å². The average Bonchev–Trinajstić information content (AvgIpc) is 3.34. The lowest BCUT2D eigenvalue weighted by molar-refractivity contribution is 0.0984. The summed E-state index contributed by atoms with van der Waals surface area (Å²) in [6, 6.07) is 24.5. The fourth-order valence-electron chi connectivity index (χ4n) is 4.02. The van der Waals surface area contributed by atoms with Crippen LogP contribution in [0.25, 0.3) is 10.2 Å². The van der Waals surface area contributed by atoms with Crippen molar-refractivity contribution < 1.29 is 13.2 Å². The number of carbonyl (C=O) groups is 1. The Hall–Kier alpha value is -4.08. The van der Waals surface area contributed by atoms with Crippen LogP contribution in [0.2, 0.25) is 0 Å². The molecule has 0 aliphatic carbocycles. The maximum Gasteiger partial charge on any atom is 0.264 e. The van der Waals surface area contributed by atoms with E-state index in [0.717, 1.165) is 27.0 Å². The molecule has 0 radical (unpaired) electrons. The van der Waals surface area contributed by atoms with Gasteiger partial charge in [-0.1, -0.05) is 35.6 Å². The fraction of sp³-hybridized carbons (Fsp3) is 0.138. The summed E-state index contributed by atoms with van der Waals surface area (Å²) in [4.78, 5) is 24.6. The number of hydrogen-bond donors (Lipinski definition) is 0. The van der Waals surface area contributed by atoms with E-state index in [9.17, 15) is 13.2 Å². The van der Waals surface area contributed by atoms with Crippen LogP contribution in [-0.4, -0.2) is 31.3 Å². The molecule has 9 heteroatoms. The minimum atomic E-state index is -3.79. The third-order valence-corrected chi connectivity index (χ3v) is 9.24. The van der Waals surface area contributed by atoms with Crippen LogP contribution in [0.15, 0.2) is 96.0 Å². The molecular weight excluding hydrogens is 516 g/mol. The van der Waals surface area contributed by atoms with Crippen LogP contribution in [0, 0.1) is 13.8 Å². The summed E-state index contributed by atoms with van der Waals surface area (Å²) in [6.45, 7) is 4.32. The molecule has 0 unspecified atom stereocenters. The number of aromatic nitrogens is 2. The van der Waals surface area contributed by atoms with E-state index in [4.69, 9.17) is 4.98 Å². The summed E-state index contributed by atoms with van der Waals surface area (Å²) in [5, 5.41) is 0.557. The number of carbonyl (C=O) groups excluding carboxylic acids is 1. The van der Waals surface area contributed by atoms with Gasteiger partial charge in [0.1, 0.15) is 0 Å². The lowest BCUT2D eigenvalue weighted by Crippen LogP contribution is -2.31. The smallest absolute Gasteiger partial charge is 0.264 e. The van der Waals surface area contributed by atoms with E-state index >= 15 is 0 Å². The minimum Gasteiger partial charge on any atom is -0.278 e. The molecule has 0 fully saturated rings. The first-order chi connectivity index (χ1) is 18.2. The van der Waals surface area contributed by atoms with Crippen molar-refractivity contribution in [2.45, 2.75) is 25.3 Å². The number of fused-ring (bicyclic) bond motifs is 1. The highest BCUT2D eigenvalue weighted by molar-refractivity contribution is 7.92. The van der Waals surface area contributed by atoms with Crippen molar-refractivity contribution in [2.24, 2.45) is 0 Å². The van der Waals surface area contributed by atoms with E-state index in [1.807, 2.05) is 37.3 Å². The van der Waals surface area contributed by atoms with E-state index in [-0.39, 0.29) is 17.3 Å². The normalized spacial score (nSPS) is 11.4. The SMILES string of the molecule is Cc1cc2nc(N(Cc3ccccn3)C(=O)c3ccc(S(=O)(=O)N(C)c4ccccc4)cc3)sc2cc1C. The van der Waals surface area contributed by atoms with Crippen LogP contribution < -0.4 is 9.21 Å². The number of sulfonamides is 1. The van der Waals surface area contributed by atoms with Crippen molar-refractivity contribution in [3.8, 4) is 0 Å². The van der Waals surface area contributed by atoms with Crippen molar-refractivity contribution in [3.63, 3.8) is 0 Å². The summed E-state index contributed by atoms with van der Waals surface area (Å²) in [5.41, 5.74) is 4.75. The van der Waals surface area contributed by atoms with Gasteiger partial charge in [0, 0.05) is 18.8 Å². The van der Waals surface area contributed by atoms with Crippen molar-refractivity contribution in [1.82, 2.24) is 9.97 Å². The van der Waals surface area contributed by atoms with Crippen molar-refractivity contribution in [3.05, 3.63) is 114 Å². The quantitative estimate of drug-likeness (QED) is 0.253. The number of hydrogen-bond acceptors (Lipinski definition) is 6. The monoisotopic (exact) mass is 542 g/mol. The molecule has 3 aromatic carbocycles. The number of rotatable bonds is 7. The Bertz CT molecular complexity index is 1660. The summed E-state index contributed by atoms with van der Waals surface area (Å²) in [5.74, 6) is -0.288. The topological polar surface area (TPSA) is 83.5 Å². The predicted octanol–water partition coefficient (Wildman–Crippen LogP) is 5.98. The van der Waals surface area contributed by atoms with Crippen LogP contribution in [0.3, 0.4) is 0 Å². The van der Waals surface area contributed by atoms with Gasteiger partial charge in [-0.2, -0.15) is 0 Å². The molecule has 0 saturated carbocycles. The van der Waals surface area contributed by atoms with Gasteiger partial charge in [-0.05, 0) is 85.6 Å².